The quantitative estimate of drug-likeness (QED) is 0.815. The van der Waals surface area contributed by atoms with Gasteiger partial charge in [0.2, 0.25) is 11.8 Å². The average Bonchev–Trinajstić information content (AvgIpc) is 2.61. The summed E-state index contributed by atoms with van der Waals surface area (Å²) in [5.74, 6) is -1.74. The summed E-state index contributed by atoms with van der Waals surface area (Å²) in [5.41, 5.74) is 0.896. The van der Waals surface area contributed by atoms with Crippen LogP contribution < -0.4 is 4.90 Å². The Morgan fingerprint density at radius 1 is 1.35 bits per heavy atom. The summed E-state index contributed by atoms with van der Waals surface area (Å²) in [6.45, 7) is 1.70. The van der Waals surface area contributed by atoms with Gasteiger partial charge in [0, 0.05) is 12.8 Å². The number of anilines is 1. The molecule has 0 saturated carbocycles. The molecule has 2 heterocycles. The van der Waals surface area contributed by atoms with E-state index < -0.39 is 5.97 Å². The standard InChI is InChI=1S/C11H11NO4S/c1-6-5-17-10(11(15)16)9(6)12-7(13)3-2-4-8(12)14/h5H,2-4H2,1H3,(H,15,16). The first kappa shape index (κ1) is 11.8. The van der Waals surface area contributed by atoms with Crippen molar-refractivity contribution < 1.29 is 19.5 Å². The van der Waals surface area contributed by atoms with Crippen molar-refractivity contribution >= 4 is 34.8 Å². The molecule has 1 aromatic heterocycles. The average molecular weight is 253 g/mol. The first-order valence-corrected chi connectivity index (χ1v) is 6.07. The van der Waals surface area contributed by atoms with Crippen LogP contribution in [-0.2, 0) is 9.59 Å². The predicted molar refractivity (Wildman–Crippen MR) is 62.4 cm³/mol. The van der Waals surface area contributed by atoms with Gasteiger partial charge >= 0.3 is 5.97 Å². The highest BCUT2D eigenvalue weighted by atomic mass is 32.1. The Labute approximate surface area is 102 Å². The van der Waals surface area contributed by atoms with E-state index in [2.05, 4.69) is 0 Å². The third-order valence-electron chi connectivity index (χ3n) is 2.64. The van der Waals surface area contributed by atoms with Crippen LogP contribution in [-0.4, -0.2) is 22.9 Å². The van der Waals surface area contributed by atoms with Gasteiger partial charge in [0.15, 0.2) is 0 Å². The number of nitrogens with zero attached hydrogens (tertiary/aromatic N) is 1. The molecule has 1 aliphatic heterocycles. The Balaban J connectivity index is 2.51. The van der Waals surface area contributed by atoms with E-state index in [0.717, 1.165) is 16.2 Å². The number of rotatable bonds is 2. The smallest absolute Gasteiger partial charge is 0.348 e. The molecule has 1 saturated heterocycles. The zero-order valence-corrected chi connectivity index (χ0v) is 10.0. The van der Waals surface area contributed by atoms with Crippen LogP contribution in [0.3, 0.4) is 0 Å². The molecular formula is C11H11NO4S. The summed E-state index contributed by atoms with van der Waals surface area (Å²) in [5, 5.41) is 10.7. The number of thiophene rings is 1. The lowest BCUT2D eigenvalue weighted by Crippen LogP contribution is -2.41. The number of amides is 2. The van der Waals surface area contributed by atoms with Crippen molar-refractivity contribution in [1.82, 2.24) is 0 Å². The van der Waals surface area contributed by atoms with E-state index in [1.165, 1.54) is 0 Å². The van der Waals surface area contributed by atoms with E-state index in [0.29, 0.717) is 24.8 Å². The minimum atomic E-state index is -1.11. The lowest BCUT2D eigenvalue weighted by Gasteiger charge is -2.25. The number of hydrogen-bond acceptors (Lipinski definition) is 4. The molecule has 0 radical (unpaired) electrons. The molecule has 0 aliphatic carbocycles. The monoisotopic (exact) mass is 253 g/mol. The maximum absolute atomic E-state index is 11.7. The third-order valence-corrected chi connectivity index (χ3v) is 3.72. The predicted octanol–water partition coefficient (Wildman–Crippen LogP) is 1.80. The van der Waals surface area contributed by atoms with Crippen molar-refractivity contribution in [3.63, 3.8) is 0 Å². The molecule has 0 aromatic carbocycles. The van der Waals surface area contributed by atoms with Gasteiger partial charge in [0.25, 0.3) is 0 Å². The van der Waals surface area contributed by atoms with Crippen LogP contribution in [0.5, 0.6) is 0 Å². The number of carboxylic acid groups (broad SMARTS) is 1. The van der Waals surface area contributed by atoms with E-state index in [4.69, 9.17) is 5.11 Å². The number of carbonyl (C=O) groups is 3. The minimum Gasteiger partial charge on any atom is -0.477 e. The van der Waals surface area contributed by atoms with Gasteiger partial charge < -0.3 is 5.11 Å². The molecule has 0 unspecified atom stereocenters. The fourth-order valence-corrected chi connectivity index (χ4v) is 2.74. The molecule has 1 aromatic rings. The summed E-state index contributed by atoms with van der Waals surface area (Å²) in [6.07, 6.45) is 1.12. The third kappa shape index (κ3) is 1.95. The highest BCUT2D eigenvalue weighted by molar-refractivity contribution is 7.12. The van der Waals surface area contributed by atoms with E-state index in [-0.39, 0.29) is 22.4 Å². The second-order valence-electron chi connectivity index (χ2n) is 3.88. The Bertz CT molecular complexity index is 490. The molecule has 2 amide bonds. The van der Waals surface area contributed by atoms with Crippen LogP contribution in [0.25, 0.3) is 0 Å². The summed E-state index contributed by atoms with van der Waals surface area (Å²) < 4.78 is 0. The number of imide groups is 1. The molecule has 0 bridgehead atoms. The lowest BCUT2D eigenvalue weighted by molar-refractivity contribution is -0.129. The van der Waals surface area contributed by atoms with Crippen LogP contribution in [0.15, 0.2) is 5.38 Å². The SMILES string of the molecule is Cc1csc(C(=O)O)c1N1C(=O)CCCC1=O. The summed E-state index contributed by atoms with van der Waals surface area (Å²) in [6, 6.07) is 0. The van der Waals surface area contributed by atoms with Crippen LogP contribution >= 0.6 is 11.3 Å². The fourth-order valence-electron chi connectivity index (χ4n) is 1.87. The number of aryl methyl sites for hydroxylation is 1. The Morgan fingerprint density at radius 3 is 2.47 bits per heavy atom. The first-order valence-electron chi connectivity index (χ1n) is 5.19. The first-order chi connectivity index (χ1) is 8.02. The van der Waals surface area contributed by atoms with Crippen LogP contribution in [0, 0.1) is 6.92 Å². The van der Waals surface area contributed by atoms with Gasteiger partial charge in [0.1, 0.15) is 4.88 Å². The summed E-state index contributed by atoms with van der Waals surface area (Å²) in [7, 11) is 0. The molecule has 1 fully saturated rings. The molecule has 0 spiro atoms. The topological polar surface area (TPSA) is 74.7 Å². The molecular weight excluding hydrogens is 242 g/mol. The van der Waals surface area contributed by atoms with Crippen molar-refractivity contribution in [3.05, 3.63) is 15.8 Å². The van der Waals surface area contributed by atoms with Crippen molar-refractivity contribution in [2.75, 3.05) is 4.90 Å². The Hall–Kier alpha value is -1.69. The van der Waals surface area contributed by atoms with Crippen LogP contribution in [0.1, 0.15) is 34.5 Å². The van der Waals surface area contributed by atoms with E-state index in [9.17, 15) is 14.4 Å². The molecule has 5 nitrogen and oxygen atoms in total. The minimum absolute atomic E-state index is 0.0473. The van der Waals surface area contributed by atoms with Gasteiger partial charge in [-0.2, -0.15) is 0 Å². The summed E-state index contributed by atoms with van der Waals surface area (Å²) >= 11 is 1.04. The van der Waals surface area contributed by atoms with Gasteiger partial charge in [-0.25, -0.2) is 9.69 Å². The molecule has 6 heteroatoms. The van der Waals surface area contributed by atoms with Gasteiger partial charge in [0.05, 0.1) is 5.69 Å². The van der Waals surface area contributed by atoms with E-state index >= 15 is 0 Å². The van der Waals surface area contributed by atoms with Crippen molar-refractivity contribution in [1.29, 1.82) is 0 Å². The van der Waals surface area contributed by atoms with E-state index in [1.807, 2.05) is 0 Å². The second kappa shape index (κ2) is 4.29. The maximum atomic E-state index is 11.7. The number of carboxylic acids is 1. The van der Waals surface area contributed by atoms with Gasteiger partial charge in [-0.05, 0) is 24.3 Å². The van der Waals surface area contributed by atoms with Crippen LogP contribution in [0.4, 0.5) is 5.69 Å². The van der Waals surface area contributed by atoms with Crippen molar-refractivity contribution in [3.8, 4) is 0 Å². The van der Waals surface area contributed by atoms with Gasteiger partial charge in [-0.1, -0.05) is 0 Å². The normalized spacial score (nSPS) is 16.4. The number of carbonyl (C=O) groups excluding carboxylic acids is 2. The fraction of sp³-hybridized carbons (Fsp3) is 0.364. The second-order valence-corrected chi connectivity index (χ2v) is 4.76. The zero-order valence-electron chi connectivity index (χ0n) is 9.23. The van der Waals surface area contributed by atoms with Gasteiger partial charge in [-0.15, -0.1) is 11.3 Å². The summed E-state index contributed by atoms with van der Waals surface area (Å²) in [4.78, 5) is 35.6. The Kier molecular flexibility index (Phi) is 2.97. The lowest BCUT2D eigenvalue weighted by atomic mass is 10.1. The van der Waals surface area contributed by atoms with E-state index in [1.54, 1.807) is 12.3 Å². The van der Waals surface area contributed by atoms with Crippen molar-refractivity contribution in [2.45, 2.75) is 26.2 Å². The highest BCUT2D eigenvalue weighted by Gasteiger charge is 2.32. The molecule has 1 N–H and O–H groups in total. The van der Waals surface area contributed by atoms with Crippen LogP contribution in [0.2, 0.25) is 0 Å². The maximum Gasteiger partial charge on any atom is 0.348 e. The molecule has 2 rings (SSSR count). The molecule has 17 heavy (non-hydrogen) atoms. The number of hydrogen-bond donors (Lipinski definition) is 1. The molecule has 90 valence electrons. The van der Waals surface area contributed by atoms with Crippen molar-refractivity contribution in [2.24, 2.45) is 0 Å². The van der Waals surface area contributed by atoms with Gasteiger partial charge in [-0.3, -0.25) is 9.59 Å². The Morgan fingerprint density at radius 2 is 1.94 bits per heavy atom. The number of aromatic carboxylic acids is 1. The number of piperidine rings is 1. The zero-order chi connectivity index (χ0) is 12.6. The highest BCUT2D eigenvalue weighted by Crippen LogP contribution is 2.33. The largest absolute Gasteiger partial charge is 0.477 e. The molecule has 0 atom stereocenters. The molecule has 1 aliphatic rings.